The quantitative estimate of drug-likeness (QED) is 0.395. The number of fused-ring (bicyclic) bond motifs is 1. The Morgan fingerprint density at radius 3 is 2.81 bits per heavy atom. The van der Waals surface area contributed by atoms with Crippen LogP contribution in [-0.4, -0.2) is 33.5 Å². The van der Waals surface area contributed by atoms with Crippen LogP contribution in [0.25, 0.3) is 0 Å². The van der Waals surface area contributed by atoms with Crippen molar-refractivity contribution in [1.82, 2.24) is 0 Å². The maximum atomic E-state index is 10.6. The summed E-state index contributed by atoms with van der Waals surface area (Å²) < 4.78 is 0. The Hall–Kier alpha value is -1.13. The molecule has 0 aromatic carbocycles. The Balaban J connectivity index is 1.91. The van der Waals surface area contributed by atoms with Crippen molar-refractivity contribution in [3.05, 3.63) is 23.8 Å². The first-order valence-corrected chi connectivity index (χ1v) is 10.3. The monoisotopic (exact) mass is 364 g/mol. The van der Waals surface area contributed by atoms with E-state index in [0.29, 0.717) is 12.3 Å². The third-order valence-corrected chi connectivity index (χ3v) is 6.28. The van der Waals surface area contributed by atoms with Gasteiger partial charge in [-0.3, -0.25) is 4.79 Å². The second kappa shape index (κ2) is 9.70. The highest BCUT2D eigenvalue weighted by Gasteiger charge is 2.52. The van der Waals surface area contributed by atoms with E-state index >= 15 is 0 Å². The third kappa shape index (κ3) is 5.68. The molecule has 0 bridgehead atoms. The molecule has 2 saturated carbocycles. The van der Waals surface area contributed by atoms with Crippen molar-refractivity contribution in [2.75, 3.05) is 0 Å². The van der Waals surface area contributed by atoms with E-state index in [0.717, 1.165) is 51.4 Å². The summed E-state index contributed by atoms with van der Waals surface area (Å²) >= 11 is 0. The number of aliphatic hydroxyl groups excluding tert-OH is 2. The normalized spacial score (nSPS) is 33.8. The van der Waals surface area contributed by atoms with E-state index in [1.54, 1.807) is 0 Å². The van der Waals surface area contributed by atoms with Gasteiger partial charge < -0.3 is 15.3 Å². The van der Waals surface area contributed by atoms with Crippen molar-refractivity contribution in [2.24, 2.45) is 17.3 Å². The molecule has 4 heteroatoms. The van der Waals surface area contributed by atoms with Crippen LogP contribution >= 0.6 is 0 Å². The summed E-state index contributed by atoms with van der Waals surface area (Å²) in [6.07, 6.45) is 14.1. The zero-order valence-corrected chi connectivity index (χ0v) is 16.4. The van der Waals surface area contributed by atoms with E-state index in [4.69, 9.17) is 5.11 Å². The molecule has 0 amide bonds. The fourth-order valence-corrected chi connectivity index (χ4v) is 4.89. The SMILES string of the molecule is CCCCC[C@H](O)/C=C/[C@H]1[C@H](O)C[C@]2(C)C/C(=C/CCCC(=O)O)C[C@H]12. The van der Waals surface area contributed by atoms with Gasteiger partial charge in [0.25, 0.3) is 0 Å². The van der Waals surface area contributed by atoms with Crippen LogP contribution in [0.4, 0.5) is 0 Å². The molecule has 0 aliphatic heterocycles. The van der Waals surface area contributed by atoms with Crippen LogP contribution in [0.3, 0.4) is 0 Å². The number of aliphatic hydroxyl groups is 2. The van der Waals surface area contributed by atoms with Crippen LogP contribution in [0.15, 0.2) is 23.8 Å². The van der Waals surface area contributed by atoms with Gasteiger partial charge in [-0.15, -0.1) is 0 Å². The molecule has 0 heterocycles. The zero-order valence-electron chi connectivity index (χ0n) is 16.4. The zero-order chi connectivity index (χ0) is 19.2. The van der Waals surface area contributed by atoms with E-state index in [2.05, 4.69) is 26.0 Å². The topological polar surface area (TPSA) is 77.8 Å². The molecule has 3 N–H and O–H groups in total. The molecule has 26 heavy (non-hydrogen) atoms. The molecule has 0 aromatic heterocycles. The van der Waals surface area contributed by atoms with Gasteiger partial charge in [-0.2, -0.15) is 0 Å². The van der Waals surface area contributed by atoms with Crippen LogP contribution in [0, 0.1) is 17.3 Å². The smallest absolute Gasteiger partial charge is 0.303 e. The minimum Gasteiger partial charge on any atom is -0.481 e. The van der Waals surface area contributed by atoms with Crippen LogP contribution in [0.2, 0.25) is 0 Å². The molecular weight excluding hydrogens is 328 g/mol. The molecule has 2 aliphatic rings. The van der Waals surface area contributed by atoms with Crippen molar-refractivity contribution < 1.29 is 20.1 Å². The lowest BCUT2D eigenvalue weighted by molar-refractivity contribution is -0.137. The van der Waals surface area contributed by atoms with E-state index in [-0.39, 0.29) is 23.9 Å². The van der Waals surface area contributed by atoms with Crippen LogP contribution in [-0.2, 0) is 4.79 Å². The highest BCUT2D eigenvalue weighted by Crippen LogP contribution is 2.58. The number of allylic oxidation sites excluding steroid dienone is 2. The Morgan fingerprint density at radius 2 is 2.12 bits per heavy atom. The number of hydrogen-bond acceptors (Lipinski definition) is 3. The summed E-state index contributed by atoms with van der Waals surface area (Å²) in [5.41, 5.74) is 1.54. The predicted molar refractivity (Wildman–Crippen MR) is 104 cm³/mol. The number of aliphatic carboxylic acids is 1. The number of carboxylic acids is 1. The van der Waals surface area contributed by atoms with Gasteiger partial charge in [-0.1, -0.05) is 56.9 Å². The molecule has 2 aliphatic carbocycles. The molecule has 0 unspecified atom stereocenters. The molecule has 4 nitrogen and oxygen atoms in total. The minimum atomic E-state index is -0.732. The lowest BCUT2D eigenvalue weighted by atomic mass is 9.80. The number of carboxylic acid groups (broad SMARTS) is 1. The standard InChI is InChI=1S/C22H36O4/c1-3-4-5-9-17(23)11-12-18-19-13-16(8-6-7-10-21(25)26)14-22(19,2)15-20(18)24/h8,11-12,17-20,23-24H,3-7,9-10,13-15H2,1-2H3,(H,25,26)/b12-11+,16-8+/t17-,18+,19+,20+,22-/m0/s1. The molecule has 0 spiro atoms. The van der Waals surface area contributed by atoms with Crippen molar-refractivity contribution in [1.29, 1.82) is 0 Å². The van der Waals surface area contributed by atoms with Crippen LogP contribution in [0.5, 0.6) is 0 Å². The first-order chi connectivity index (χ1) is 12.4. The molecule has 2 fully saturated rings. The Kier molecular flexibility index (Phi) is 7.90. The summed E-state index contributed by atoms with van der Waals surface area (Å²) in [7, 11) is 0. The summed E-state index contributed by atoms with van der Waals surface area (Å²) in [5, 5.41) is 29.4. The average Bonchev–Trinajstić information content (AvgIpc) is 2.99. The Morgan fingerprint density at radius 1 is 1.35 bits per heavy atom. The van der Waals surface area contributed by atoms with Gasteiger partial charge in [0.2, 0.25) is 0 Å². The molecule has 0 saturated heterocycles. The largest absolute Gasteiger partial charge is 0.481 e. The Bertz CT molecular complexity index is 524. The van der Waals surface area contributed by atoms with Crippen molar-refractivity contribution in [2.45, 2.75) is 90.3 Å². The van der Waals surface area contributed by atoms with Gasteiger partial charge in [-0.05, 0) is 49.9 Å². The van der Waals surface area contributed by atoms with E-state index in [9.17, 15) is 15.0 Å². The highest BCUT2D eigenvalue weighted by molar-refractivity contribution is 5.66. The Labute approximate surface area is 158 Å². The van der Waals surface area contributed by atoms with E-state index in [1.165, 1.54) is 5.57 Å². The summed E-state index contributed by atoms with van der Waals surface area (Å²) in [6.45, 7) is 4.43. The van der Waals surface area contributed by atoms with Crippen molar-refractivity contribution in [3.63, 3.8) is 0 Å². The first-order valence-electron chi connectivity index (χ1n) is 10.3. The summed E-state index contributed by atoms with van der Waals surface area (Å²) in [4.78, 5) is 10.6. The van der Waals surface area contributed by atoms with Crippen molar-refractivity contribution >= 4 is 5.97 Å². The second-order valence-electron chi connectivity index (χ2n) is 8.59. The second-order valence-corrected chi connectivity index (χ2v) is 8.59. The lowest BCUT2D eigenvalue weighted by Crippen LogP contribution is -2.19. The maximum Gasteiger partial charge on any atom is 0.303 e. The fraction of sp³-hybridized carbons (Fsp3) is 0.773. The number of unbranched alkanes of at least 4 members (excludes halogenated alkanes) is 3. The van der Waals surface area contributed by atoms with Gasteiger partial charge in [0.15, 0.2) is 0 Å². The lowest BCUT2D eigenvalue weighted by Gasteiger charge is -2.24. The van der Waals surface area contributed by atoms with Gasteiger partial charge >= 0.3 is 5.97 Å². The molecule has 0 aromatic rings. The predicted octanol–water partition coefficient (Wildman–Crippen LogP) is 4.46. The van der Waals surface area contributed by atoms with Gasteiger partial charge in [0.05, 0.1) is 12.2 Å². The third-order valence-electron chi connectivity index (χ3n) is 6.28. The number of carbonyl (C=O) groups is 1. The number of hydrogen-bond donors (Lipinski definition) is 3. The summed E-state index contributed by atoms with van der Waals surface area (Å²) in [6, 6.07) is 0. The first kappa shape index (κ1) is 21.2. The van der Waals surface area contributed by atoms with Gasteiger partial charge in [0, 0.05) is 12.3 Å². The van der Waals surface area contributed by atoms with Crippen LogP contribution < -0.4 is 0 Å². The summed E-state index contributed by atoms with van der Waals surface area (Å²) in [5.74, 6) is -0.197. The average molecular weight is 365 g/mol. The fourth-order valence-electron chi connectivity index (χ4n) is 4.89. The number of rotatable bonds is 10. The molecule has 5 atom stereocenters. The molecule has 2 rings (SSSR count). The van der Waals surface area contributed by atoms with Crippen molar-refractivity contribution in [3.8, 4) is 0 Å². The molecule has 0 radical (unpaired) electrons. The minimum absolute atomic E-state index is 0.116. The molecular formula is C22H36O4. The maximum absolute atomic E-state index is 10.6. The van der Waals surface area contributed by atoms with E-state index in [1.807, 2.05) is 6.08 Å². The van der Waals surface area contributed by atoms with Gasteiger partial charge in [0.1, 0.15) is 0 Å². The van der Waals surface area contributed by atoms with E-state index < -0.39 is 12.1 Å². The molecule has 148 valence electrons. The van der Waals surface area contributed by atoms with Crippen LogP contribution in [0.1, 0.15) is 78.1 Å². The van der Waals surface area contributed by atoms with Gasteiger partial charge in [-0.25, -0.2) is 0 Å². The highest BCUT2D eigenvalue weighted by atomic mass is 16.4.